The average molecular weight is 277 g/mol. The van der Waals surface area contributed by atoms with Crippen molar-refractivity contribution in [3.05, 3.63) is 33.6 Å². The van der Waals surface area contributed by atoms with E-state index < -0.39 is 0 Å². The number of hydrogen-bond acceptors (Lipinski definition) is 5. The fourth-order valence-corrected chi connectivity index (χ4v) is 3.58. The van der Waals surface area contributed by atoms with E-state index in [2.05, 4.69) is 22.0 Å². The Morgan fingerprint density at radius 2 is 2.37 bits per heavy atom. The molecule has 0 saturated carbocycles. The Labute approximate surface area is 117 Å². The van der Waals surface area contributed by atoms with Crippen molar-refractivity contribution in [3.8, 4) is 0 Å². The molecule has 1 saturated heterocycles. The topological polar surface area (TPSA) is 42.2 Å². The van der Waals surface area contributed by atoms with Gasteiger partial charge in [0.05, 0.1) is 10.7 Å². The van der Waals surface area contributed by atoms with E-state index in [1.807, 2.05) is 30.5 Å². The van der Waals surface area contributed by atoms with E-state index in [4.69, 9.17) is 4.52 Å². The molecule has 0 bridgehead atoms. The van der Waals surface area contributed by atoms with Crippen molar-refractivity contribution in [2.45, 2.75) is 39.2 Å². The summed E-state index contributed by atoms with van der Waals surface area (Å²) in [7, 11) is 0. The lowest BCUT2D eigenvalue weighted by molar-refractivity contribution is 0.195. The molecular weight excluding hydrogens is 258 g/mol. The van der Waals surface area contributed by atoms with E-state index >= 15 is 0 Å². The Hall–Kier alpha value is -1.20. The van der Waals surface area contributed by atoms with Gasteiger partial charge in [-0.25, -0.2) is 4.98 Å². The van der Waals surface area contributed by atoms with Crippen LogP contribution in [0.4, 0.5) is 0 Å². The molecule has 1 aliphatic rings. The third-order valence-corrected chi connectivity index (χ3v) is 4.63. The highest BCUT2D eigenvalue weighted by atomic mass is 32.1. The summed E-state index contributed by atoms with van der Waals surface area (Å²) in [5.41, 5.74) is 1.04. The first-order valence-electron chi connectivity index (χ1n) is 6.77. The fraction of sp³-hybridized carbons (Fsp3) is 0.571. The average Bonchev–Trinajstić information content (AvgIpc) is 2.99. The molecule has 0 aliphatic carbocycles. The molecule has 4 nitrogen and oxygen atoms in total. The summed E-state index contributed by atoms with van der Waals surface area (Å²) in [5.74, 6) is 1.47. The van der Waals surface area contributed by atoms with Gasteiger partial charge in [-0.15, -0.1) is 11.3 Å². The molecule has 102 valence electrons. The standard InChI is InChI=1S/C14H19N3OS/c1-10-6-13(16-18-10)9-17-5-3-4-12(8-17)14-15-7-11(2)19-14/h6-7,12H,3-5,8-9H2,1-2H3. The van der Waals surface area contributed by atoms with Crippen molar-refractivity contribution in [2.24, 2.45) is 0 Å². The van der Waals surface area contributed by atoms with Gasteiger partial charge in [-0.2, -0.15) is 0 Å². The summed E-state index contributed by atoms with van der Waals surface area (Å²) in [6.07, 6.45) is 4.47. The first-order chi connectivity index (χ1) is 9.20. The van der Waals surface area contributed by atoms with E-state index in [1.165, 1.54) is 22.7 Å². The molecule has 0 radical (unpaired) electrons. The van der Waals surface area contributed by atoms with Crippen LogP contribution < -0.4 is 0 Å². The minimum absolute atomic E-state index is 0.584. The Kier molecular flexibility index (Phi) is 3.66. The number of likely N-dealkylation sites (tertiary alicyclic amines) is 1. The Morgan fingerprint density at radius 3 is 3.05 bits per heavy atom. The third kappa shape index (κ3) is 3.04. The molecule has 0 spiro atoms. The summed E-state index contributed by atoms with van der Waals surface area (Å²) in [6.45, 7) is 7.18. The van der Waals surface area contributed by atoms with E-state index in [1.54, 1.807) is 0 Å². The van der Waals surface area contributed by atoms with Crippen molar-refractivity contribution < 1.29 is 4.52 Å². The van der Waals surface area contributed by atoms with E-state index in [0.29, 0.717) is 5.92 Å². The molecule has 1 atom stereocenters. The third-order valence-electron chi connectivity index (χ3n) is 3.56. The number of piperidine rings is 1. The van der Waals surface area contributed by atoms with Crippen molar-refractivity contribution in [2.75, 3.05) is 13.1 Å². The van der Waals surface area contributed by atoms with Gasteiger partial charge in [-0.05, 0) is 33.2 Å². The molecule has 0 amide bonds. The second-order valence-corrected chi connectivity index (χ2v) is 6.58. The van der Waals surface area contributed by atoms with Gasteiger partial charge in [0.1, 0.15) is 5.76 Å². The number of rotatable bonds is 3. The van der Waals surface area contributed by atoms with Gasteiger partial charge in [-0.1, -0.05) is 5.16 Å². The summed E-state index contributed by atoms with van der Waals surface area (Å²) >= 11 is 1.83. The lowest BCUT2D eigenvalue weighted by Gasteiger charge is -2.31. The maximum Gasteiger partial charge on any atom is 0.133 e. The van der Waals surface area contributed by atoms with E-state index in [0.717, 1.165) is 31.1 Å². The number of aromatic nitrogens is 2. The van der Waals surface area contributed by atoms with Crippen molar-refractivity contribution in [1.29, 1.82) is 0 Å². The molecular formula is C14H19N3OS. The largest absolute Gasteiger partial charge is 0.361 e. The fourth-order valence-electron chi connectivity index (χ4n) is 2.68. The molecule has 3 heterocycles. The van der Waals surface area contributed by atoms with Crippen LogP contribution in [0.1, 0.15) is 40.1 Å². The molecule has 19 heavy (non-hydrogen) atoms. The molecule has 0 N–H and O–H groups in total. The number of hydrogen-bond donors (Lipinski definition) is 0. The second kappa shape index (κ2) is 5.43. The van der Waals surface area contributed by atoms with Crippen LogP contribution in [0.3, 0.4) is 0 Å². The highest BCUT2D eigenvalue weighted by Gasteiger charge is 2.24. The minimum atomic E-state index is 0.584. The van der Waals surface area contributed by atoms with Gasteiger partial charge >= 0.3 is 0 Å². The van der Waals surface area contributed by atoms with Crippen LogP contribution in [0.25, 0.3) is 0 Å². The van der Waals surface area contributed by atoms with Crippen LogP contribution >= 0.6 is 11.3 Å². The summed E-state index contributed by atoms with van der Waals surface area (Å²) in [4.78, 5) is 8.31. The van der Waals surface area contributed by atoms with Gasteiger partial charge in [0, 0.05) is 36.1 Å². The van der Waals surface area contributed by atoms with Crippen LogP contribution in [0.5, 0.6) is 0 Å². The Balaban J connectivity index is 1.64. The zero-order valence-corrected chi connectivity index (χ0v) is 12.2. The number of aryl methyl sites for hydroxylation is 2. The number of thiazole rings is 1. The predicted molar refractivity (Wildman–Crippen MR) is 75.3 cm³/mol. The summed E-state index contributed by atoms with van der Waals surface area (Å²) in [5, 5.41) is 5.37. The summed E-state index contributed by atoms with van der Waals surface area (Å²) < 4.78 is 5.13. The van der Waals surface area contributed by atoms with Gasteiger partial charge in [0.15, 0.2) is 0 Å². The molecule has 0 aromatic carbocycles. The maximum absolute atomic E-state index is 5.13. The molecule has 3 rings (SSSR count). The predicted octanol–water partition coefficient (Wildman–Crippen LogP) is 3.13. The van der Waals surface area contributed by atoms with Crippen LogP contribution in [0.15, 0.2) is 16.8 Å². The zero-order valence-electron chi connectivity index (χ0n) is 11.4. The first kappa shape index (κ1) is 12.8. The van der Waals surface area contributed by atoms with Crippen molar-refractivity contribution in [3.63, 3.8) is 0 Å². The van der Waals surface area contributed by atoms with Crippen LogP contribution in [-0.2, 0) is 6.54 Å². The Morgan fingerprint density at radius 1 is 1.47 bits per heavy atom. The first-order valence-corrected chi connectivity index (χ1v) is 7.59. The molecule has 1 unspecified atom stereocenters. The zero-order chi connectivity index (χ0) is 13.2. The van der Waals surface area contributed by atoms with Gasteiger partial charge < -0.3 is 4.52 Å². The quantitative estimate of drug-likeness (QED) is 0.864. The molecule has 2 aromatic rings. The highest BCUT2D eigenvalue weighted by Crippen LogP contribution is 2.30. The van der Waals surface area contributed by atoms with E-state index in [9.17, 15) is 0 Å². The number of nitrogens with zero attached hydrogens (tertiary/aromatic N) is 3. The SMILES string of the molecule is Cc1cc(CN2CCCC(c3ncc(C)s3)C2)no1. The lowest BCUT2D eigenvalue weighted by Crippen LogP contribution is -2.33. The van der Waals surface area contributed by atoms with Gasteiger partial charge in [-0.3, -0.25) is 4.90 Å². The second-order valence-electron chi connectivity index (χ2n) is 5.31. The normalized spacial score (nSPS) is 20.8. The van der Waals surface area contributed by atoms with Crippen molar-refractivity contribution in [1.82, 2.24) is 15.0 Å². The van der Waals surface area contributed by atoms with Crippen LogP contribution in [0, 0.1) is 13.8 Å². The van der Waals surface area contributed by atoms with Gasteiger partial charge in [0.2, 0.25) is 0 Å². The Bertz CT molecular complexity index is 548. The van der Waals surface area contributed by atoms with Crippen LogP contribution in [0.2, 0.25) is 0 Å². The lowest BCUT2D eigenvalue weighted by atomic mass is 9.98. The highest BCUT2D eigenvalue weighted by molar-refractivity contribution is 7.11. The maximum atomic E-state index is 5.13. The summed E-state index contributed by atoms with van der Waals surface area (Å²) in [6, 6.07) is 2.02. The van der Waals surface area contributed by atoms with Crippen molar-refractivity contribution >= 4 is 11.3 Å². The minimum Gasteiger partial charge on any atom is -0.361 e. The van der Waals surface area contributed by atoms with E-state index in [-0.39, 0.29) is 0 Å². The smallest absolute Gasteiger partial charge is 0.133 e. The monoisotopic (exact) mass is 277 g/mol. The molecule has 5 heteroatoms. The van der Waals surface area contributed by atoms with Gasteiger partial charge in [0.25, 0.3) is 0 Å². The van der Waals surface area contributed by atoms with Crippen LogP contribution in [-0.4, -0.2) is 28.1 Å². The molecule has 2 aromatic heterocycles. The molecule has 1 fully saturated rings. The molecule has 1 aliphatic heterocycles.